The summed E-state index contributed by atoms with van der Waals surface area (Å²) in [5.41, 5.74) is 6.48. The lowest BCUT2D eigenvalue weighted by Crippen LogP contribution is -2.51. The third-order valence-corrected chi connectivity index (χ3v) is 5.75. The quantitative estimate of drug-likeness (QED) is 0.666. The van der Waals surface area contributed by atoms with E-state index in [1.807, 2.05) is 18.7 Å². The van der Waals surface area contributed by atoms with Crippen LogP contribution in [0.4, 0.5) is 0 Å². The van der Waals surface area contributed by atoms with Crippen molar-refractivity contribution in [3.63, 3.8) is 0 Å². The molecule has 1 fully saturated rings. The van der Waals surface area contributed by atoms with Crippen LogP contribution in [0, 0.1) is 17.7 Å². The molecule has 1 aromatic carbocycles. The Morgan fingerprint density at radius 2 is 2.13 bits per heavy atom. The van der Waals surface area contributed by atoms with Crippen molar-refractivity contribution >= 4 is 5.97 Å². The van der Waals surface area contributed by atoms with Gasteiger partial charge in [-0.25, -0.2) is 0 Å². The summed E-state index contributed by atoms with van der Waals surface area (Å²) in [7, 11) is -1.71. The molecule has 0 aromatic heterocycles. The van der Waals surface area contributed by atoms with E-state index in [1.54, 1.807) is 0 Å². The van der Waals surface area contributed by atoms with Gasteiger partial charge in [0.1, 0.15) is 12.1 Å². The summed E-state index contributed by atoms with van der Waals surface area (Å²) < 4.78 is 119. The second kappa shape index (κ2) is 9.56. The summed E-state index contributed by atoms with van der Waals surface area (Å²) in [4.78, 5) is 15.4. The van der Waals surface area contributed by atoms with Crippen LogP contribution in [0.3, 0.4) is 0 Å². The zero-order valence-electron chi connectivity index (χ0n) is 30.5. The molecule has 4 atom stereocenters. The van der Waals surface area contributed by atoms with E-state index in [9.17, 15) is 4.79 Å². The Bertz CT molecular complexity index is 1200. The van der Waals surface area contributed by atoms with Gasteiger partial charge in [-0.15, -0.1) is 0 Å². The molecule has 0 radical (unpaired) electrons. The molecular weight excluding hydrogens is 380 g/mol. The molecule has 6 nitrogen and oxygen atoms in total. The highest BCUT2D eigenvalue weighted by Gasteiger charge is 2.41. The molecule has 0 saturated carbocycles. The summed E-state index contributed by atoms with van der Waals surface area (Å²) in [5.74, 6) is -6.32. The minimum absolute atomic E-state index is 0.0242. The SMILES string of the molecule is [2H]c1c2c(c([2H])c(OC([2H])([2H])[2H])c1OC)C1CC(OC(=O)[C@@]([2H])(N)C([2H])(C([2H])([2H])[2H])C([2H])([2H])[2H])C(CC(C)C)CN1CC2. The third-order valence-electron chi connectivity index (χ3n) is 5.75. The maximum atomic E-state index is 13.4. The predicted octanol–water partition coefficient (Wildman–Crippen LogP) is 3.56. The number of benzene rings is 1. The Balaban J connectivity index is 2.09. The van der Waals surface area contributed by atoms with Crippen molar-refractivity contribution in [1.29, 1.82) is 0 Å². The molecular formula is C24H38N2O4. The Labute approximate surface area is 199 Å². The van der Waals surface area contributed by atoms with Crippen molar-refractivity contribution < 1.29 is 36.8 Å². The van der Waals surface area contributed by atoms with E-state index in [0.29, 0.717) is 31.5 Å². The molecule has 0 bridgehead atoms. The Kier molecular flexibility index (Phi) is 3.57. The highest BCUT2D eigenvalue weighted by Crippen LogP contribution is 2.44. The third kappa shape index (κ3) is 4.75. The minimum Gasteiger partial charge on any atom is -0.493 e. The number of ether oxygens (including phenoxy) is 3. The average Bonchev–Trinajstić information content (AvgIpc) is 2.84. The van der Waals surface area contributed by atoms with E-state index in [-0.39, 0.29) is 41.7 Å². The van der Waals surface area contributed by atoms with Crippen molar-refractivity contribution in [2.75, 3.05) is 27.2 Å². The molecule has 2 N–H and O–H groups in total. The lowest BCUT2D eigenvalue weighted by Gasteiger charge is -2.47. The summed E-state index contributed by atoms with van der Waals surface area (Å²) in [6.45, 7) is -2.67. The van der Waals surface area contributed by atoms with Crippen molar-refractivity contribution in [2.45, 2.75) is 65.0 Å². The van der Waals surface area contributed by atoms with Crippen LogP contribution in [0.2, 0.25) is 0 Å². The zero-order chi connectivity index (χ0) is 33.1. The van der Waals surface area contributed by atoms with E-state index in [1.165, 1.54) is 7.11 Å². The topological polar surface area (TPSA) is 74.0 Å². The van der Waals surface area contributed by atoms with Crippen LogP contribution in [0.5, 0.6) is 11.5 Å². The van der Waals surface area contributed by atoms with Crippen LogP contribution >= 0.6 is 0 Å². The van der Waals surface area contributed by atoms with Crippen molar-refractivity contribution in [3.05, 3.63) is 23.2 Å². The van der Waals surface area contributed by atoms with Crippen LogP contribution in [0.15, 0.2) is 12.1 Å². The molecule has 168 valence electrons. The van der Waals surface area contributed by atoms with Gasteiger partial charge in [0.25, 0.3) is 0 Å². The number of methoxy groups -OCH3 is 2. The van der Waals surface area contributed by atoms with Crippen LogP contribution in [-0.4, -0.2) is 50.2 Å². The van der Waals surface area contributed by atoms with E-state index in [0.717, 1.165) is 0 Å². The molecule has 0 spiro atoms. The lowest BCUT2D eigenvalue weighted by molar-refractivity contribution is -0.160. The number of hydrogen-bond donors (Lipinski definition) is 1. The number of nitrogens with two attached hydrogens (primary N) is 1. The van der Waals surface area contributed by atoms with Gasteiger partial charge in [-0.1, -0.05) is 27.6 Å². The number of nitrogens with zero attached hydrogens (tertiary/aromatic N) is 1. The fourth-order valence-corrected chi connectivity index (χ4v) is 4.40. The fourth-order valence-electron chi connectivity index (χ4n) is 4.40. The fraction of sp³-hybridized carbons (Fsp3) is 0.708. The number of piperidine rings is 1. The molecule has 2 aliphatic heterocycles. The van der Waals surface area contributed by atoms with Gasteiger partial charge in [0.15, 0.2) is 11.5 Å². The molecule has 3 rings (SSSR count). The van der Waals surface area contributed by atoms with Crippen molar-refractivity contribution in [3.8, 4) is 11.5 Å². The van der Waals surface area contributed by atoms with Crippen LogP contribution in [0.25, 0.3) is 0 Å². The standard InChI is InChI=1S/C24H38N2O4/c1-14(2)9-17-13-26-8-7-16-10-21(28-5)22(29-6)11-18(16)19(26)12-20(17)30-24(27)23(25)15(3)4/h10-11,14-15,17,19-20,23H,7-9,12-13,25H2,1-6H3/t17?,19?,20?,23-/m0/s1/i3D3,4D3,6D3,10D,11D,15D,23D. The largest absolute Gasteiger partial charge is 0.493 e. The van der Waals surface area contributed by atoms with Crippen LogP contribution < -0.4 is 15.2 Å². The molecule has 6 heteroatoms. The van der Waals surface area contributed by atoms with Crippen LogP contribution in [-0.2, 0) is 16.0 Å². The molecule has 3 unspecified atom stereocenters. The normalized spacial score (nSPS) is 33.9. The average molecular weight is 432 g/mol. The lowest BCUT2D eigenvalue weighted by atomic mass is 9.79. The highest BCUT2D eigenvalue weighted by atomic mass is 16.5. The molecule has 2 heterocycles. The van der Waals surface area contributed by atoms with Gasteiger partial charge >= 0.3 is 5.97 Å². The first-order valence-electron chi connectivity index (χ1n) is 16.5. The molecule has 30 heavy (non-hydrogen) atoms. The van der Waals surface area contributed by atoms with Crippen molar-refractivity contribution in [1.82, 2.24) is 4.90 Å². The van der Waals surface area contributed by atoms with Gasteiger partial charge in [0.05, 0.1) is 22.4 Å². The van der Waals surface area contributed by atoms with Gasteiger partial charge in [0.2, 0.25) is 0 Å². The maximum Gasteiger partial charge on any atom is 0.323 e. The number of rotatable bonds is 7. The first-order valence-corrected chi connectivity index (χ1v) is 10.0. The molecule has 1 saturated heterocycles. The number of carbonyl (C=O) groups is 1. The second-order valence-corrected chi connectivity index (χ2v) is 8.23. The second-order valence-electron chi connectivity index (χ2n) is 8.23. The summed E-state index contributed by atoms with van der Waals surface area (Å²) >= 11 is 0. The highest BCUT2D eigenvalue weighted by molar-refractivity contribution is 5.76. The minimum atomic E-state index is -3.72. The Hall–Kier alpha value is -1.79. The maximum absolute atomic E-state index is 13.4. The zero-order valence-corrected chi connectivity index (χ0v) is 17.5. The summed E-state index contributed by atoms with van der Waals surface area (Å²) in [6, 6.07) is -4.66. The number of carbonyl (C=O) groups excluding carboxylic acids is 1. The molecule has 2 aliphatic rings. The monoisotopic (exact) mass is 431 g/mol. The first-order chi connectivity index (χ1) is 19.4. The molecule has 0 aliphatic carbocycles. The van der Waals surface area contributed by atoms with Gasteiger partial charge < -0.3 is 19.9 Å². The van der Waals surface area contributed by atoms with Gasteiger partial charge in [-0.3, -0.25) is 9.69 Å². The molecule has 1 aromatic rings. The molecule has 0 amide bonds. The van der Waals surface area contributed by atoms with Gasteiger partial charge in [-0.05, 0) is 47.9 Å². The van der Waals surface area contributed by atoms with Crippen molar-refractivity contribution in [2.24, 2.45) is 23.5 Å². The smallest absolute Gasteiger partial charge is 0.323 e. The van der Waals surface area contributed by atoms with E-state index in [4.69, 9.17) is 37.8 Å². The number of esters is 1. The Morgan fingerprint density at radius 1 is 1.37 bits per heavy atom. The summed E-state index contributed by atoms with van der Waals surface area (Å²) in [6.07, 6.45) is -0.210. The Morgan fingerprint density at radius 3 is 2.80 bits per heavy atom. The van der Waals surface area contributed by atoms with E-state index >= 15 is 0 Å². The van der Waals surface area contributed by atoms with Gasteiger partial charge in [0, 0.05) is 41.1 Å². The summed E-state index contributed by atoms with van der Waals surface area (Å²) in [5, 5.41) is 0. The number of hydrogen-bond acceptors (Lipinski definition) is 6. The predicted molar refractivity (Wildman–Crippen MR) is 118 cm³/mol. The first kappa shape index (κ1) is 11.2. The van der Waals surface area contributed by atoms with E-state index in [2.05, 4.69) is 0 Å². The van der Waals surface area contributed by atoms with E-state index < -0.39 is 56.5 Å². The number of fused-ring (bicyclic) bond motifs is 3. The van der Waals surface area contributed by atoms with Crippen LogP contribution in [0.1, 0.15) is 75.4 Å². The van der Waals surface area contributed by atoms with Gasteiger partial charge in [-0.2, -0.15) is 0 Å².